The minimum Gasteiger partial charge on any atom is -0.497 e. The molecule has 0 fully saturated rings. The minimum atomic E-state index is 0.806. The summed E-state index contributed by atoms with van der Waals surface area (Å²) in [5.41, 5.74) is 1.81. The lowest BCUT2D eigenvalue weighted by atomic mass is 10.2. The number of halogens is 1. The second kappa shape index (κ2) is 4.42. The lowest BCUT2D eigenvalue weighted by molar-refractivity contribution is 0.415. The number of ether oxygens (including phenoxy) is 1. The van der Waals surface area contributed by atoms with Crippen molar-refractivity contribution < 1.29 is 4.74 Å². The fraction of sp³-hybridized carbons (Fsp3) is 0.0769. The van der Waals surface area contributed by atoms with Crippen molar-refractivity contribution >= 4 is 21.6 Å². The van der Waals surface area contributed by atoms with Gasteiger partial charge in [0.1, 0.15) is 5.75 Å². The second-order valence-electron chi connectivity index (χ2n) is 3.79. The molecule has 1 aromatic carbocycles. The van der Waals surface area contributed by atoms with Gasteiger partial charge in [0.25, 0.3) is 0 Å². The SMILES string of the molecule is COc1ccc(-c2nnc3cccc(Br)n23)cc1. The molecule has 0 atom stereocenters. The van der Waals surface area contributed by atoms with E-state index in [0.717, 1.165) is 27.4 Å². The van der Waals surface area contributed by atoms with Crippen molar-refractivity contribution in [2.45, 2.75) is 0 Å². The summed E-state index contributed by atoms with van der Waals surface area (Å²) in [4.78, 5) is 0. The van der Waals surface area contributed by atoms with Gasteiger partial charge >= 0.3 is 0 Å². The monoisotopic (exact) mass is 303 g/mol. The van der Waals surface area contributed by atoms with E-state index in [-0.39, 0.29) is 0 Å². The van der Waals surface area contributed by atoms with Crippen molar-refractivity contribution in [3.05, 3.63) is 47.1 Å². The highest BCUT2D eigenvalue weighted by atomic mass is 79.9. The predicted octanol–water partition coefficient (Wildman–Crippen LogP) is 3.17. The topological polar surface area (TPSA) is 39.4 Å². The van der Waals surface area contributed by atoms with Gasteiger partial charge in [-0.25, -0.2) is 0 Å². The third-order valence-corrected chi connectivity index (χ3v) is 3.35. The van der Waals surface area contributed by atoms with Crippen molar-refractivity contribution in [3.8, 4) is 17.1 Å². The molecule has 0 saturated heterocycles. The summed E-state index contributed by atoms with van der Waals surface area (Å²) in [5.74, 6) is 1.63. The van der Waals surface area contributed by atoms with Gasteiger partial charge in [0, 0.05) is 5.56 Å². The smallest absolute Gasteiger partial charge is 0.169 e. The van der Waals surface area contributed by atoms with Crippen LogP contribution in [-0.2, 0) is 0 Å². The fourth-order valence-corrected chi connectivity index (χ4v) is 2.33. The normalized spacial score (nSPS) is 10.8. The number of nitrogens with zero attached hydrogens (tertiary/aromatic N) is 3. The minimum absolute atomic E-state index is 0.806. The molecule has 4 nitrogen and oxygen atoms in total. The third-order valence-electron chi connectivity index (χ3n) is 2.73. The number of methoxy groups -OCH3 is 1. The zero-order valence-electron chi connectivity index (χ0n) is 9.67. The highest BCUT2D eigenvalue weighted by Gasteiger charge is 2.09. The van der Waals surface area contributed by atoms with Crippen LogP contribution in [0.15, 0.2) is 47.1 Å². The van der Waals surface area contributed by atoms with Crippen molar-refractivity contribution in [2.75, 3.05) is 7.11 Å². The zero-order chi connectivity index (χ0) is 12.5. The molecule has 0 unspecified atom stereocenters. The Kier molecular flexibility index (Phi) is 2.76. The fourth-order valence-electron chi connectivity index (χ4n) is 1.83. The van der Waals surface area contributed by atoms with Crippen LogP contribution in [0.1, 0.15) is 0 Å². The average molecular weight is 304 g/mol. The van der Waals surface area contributed by atoms with Crippen LogP contribution in [0.25, 0.3) is 17.0 Å². The summed E-state index contributed by atoms with van der Waals surface area (Å²) >= 11 is 3.51. The molecule has 0 aliphatic rings. The van der Waals surface area contributed by atoms with Crippen molar-refractivity contribution in [1.29, 1.82) is 0 Å². The van der Waals surface area contributed by atoms with Gasteiger partial charge in [-0.1, -0.05) is 6.07 Å². The first kappa shape index (κ1) is 11.2. The molecule has 90 valence electrons. The molecule has 0 bridgehead atoms. The molecule has 0 aliphatic heterocycles. The number of hydrogen-bond acceptors (Lipinski definition) is 3. The van der Waals surface area contributed by atoms with Gasteiger partial charge in [-0.2, -0.15) is 0 Å². The lowest BCUT2D eigenvalue weighted by Crippen LogP contribution is -1.91. The van der Waals surface area contributed by atoms with Crippen LogP contribution in [0.4, 0.5) is 0 Å². The van der Waals surface area contributed by atoms with Gasteiger partial charge in [0.05, 0.1) is 11.7 Å². The van der Waals surface area contributed by atoms with E-state index in [2.05, 4.69) is 26.1 Å². The zero-order valence-corrected chi connectivity index (χ0v) is 11.3. The Morgan fingerprint density at radius 2 is 1.83 bits per heavy atom. The van der Waals surface area contributed by atoms with Crippen LogP contribution in [0.3, 0.4) is 0 Å². The Morgan fingerprint density at radius 1 is 1.06 bits per heavy atom. The van der Waals surface area contributed by atoms with Gasteiger partial charge < -0.3 is 4.74 Å². The molecule has 3 aromatic rings. The number of hydrogen-bond donors (Lipinski definition) is 0. The van der Waals surface area contributed by atoms with E-state index in [9.17, 15) is 0 Å². The Labute approximate surface area is 112 Å². The quantitative estimate of drug-likeness (QED) is 0.683. The molecular formula is C13H10BrN3O. The van der Waals surface area contributed by atoms with Crippen LogP contribution >= 0.6 is 15.9 Å². The molecule has 2 heterocycles. The molecule has 5 heteroatoms. The summed E-state index contributed by atoms with van der Waals surface area (Å²) in [6.45, 7) is 0. The molecule has 18 heavy (non-hydrogen) atoms. The van der Waals surface area contributed by atoms with Gasteiger partial charge in [-0.3, -0.25) is 4.40 Å². The van der Waals surface area contributed by atoms with E-state index in [4.69, 9.17) is 4.74 Å². The van der Waals surface area contributed by atoms with Crippen molar-refractivity contribution in [1.82, 2.24) is 14.6 Å². The summed E-state index contributed by atoms with van der Waals surface area (Å²) in [6.07, 6.45) is 0. The molecule has 3 rings (SSSR count). The van der Waals surface area contributed by atoms with Crippen LogP contribution in [0.2, 0.25) is 0 Å². The van der Waals surface area contributed by atoms with E-state index in [1.54, 1.807) is 7.11 Å². The lowest BCUT2D eigenvalue weighted by Gasteiger charge is -2.03. The summed E-state index contributed by atoms with van der Waals surface area (Å²) in [7, 11) is 1.65. The second-order valence-corrected chi connectivity index (χ2v) is 4.61. The highest BCUT2D eigenvalue weighted by Crippen LogP contribution is 2.24. The van der Waals surface area contributed by atoms with Gasteiger partial charge in [0.15, 0.2) is 11.5 Å². The highest BCUT2D eigenvalue weighted by molar-refractivity contribution is 9.10. The molecule has 0 amide bonds. The first-order valence-electron chi connectivity index (χ1n) is 5.43. The van der Waals surface area contributed by atoms with Gasteiger partial charge in [-0.05, 0) is 52.3 Å². The summed E-state index contributed by atoms with van der Waals surface area (Å²) in [6, 6.07) is 13.6. The van der Waals surface area contributed by atoms with Crippen LogP contribution in [0.5, 0.6) is 5.75 Å². The number of rotatable bonds is 2. The van der Waals surface area contributed by atoms with Crippen molar-refractivity contribution in [3.63, 3.8) is 0 Å². The van der Waals surface area contributed by atoms with Crippen LogP contribution in [0, 0.1) is 0 Å². The maximum Gasteiger partial charge on any atom is 0.169 e. The van der Waals surface area contributed by atoms with E-state index in [1.807, 2.05) is 46.9 Å². The number of aromatic nitrogens is 3. The first-order valence-corrected chi connectivity index (χ1v) is 6.23. The molecule has 0 saturated carbocycles. The summed E-state index contributed by atoms with van der Waals surface area (Å²) < 4.78 is 8.03. The Balaban J connectivity index is 2.18. The first-order chi connectivity index (χ1) is 8.79. The van der Waals surface area contributed by atoms with Crippen molar-refractivity contribution in [2.24, 2.45) is 0 Å². The molecule has 0 spiro atoms. The van der Waals surface area contributed by atoms with E-state index >= 15 is 0 Å². The average Bonchev–Trinajstić information content (AvgIpc) is 2.84. The molecule has 0 N–H and O–H groups in total. The summed E-state index contributed by atoms with van der Waals surface area (Å²) in [5, 5.41) is 8.37. The Bertz CT molecular complexity index is 691. The van der Waals surface area contributed by atoms with Gasteiger partial charge in [0.2, 0.25) is 0 Å². The maximum atomic E-state index is 5.15. The predicted molar refractivity (Wildman–Crippen MR) is 72.7 cm³/mol. The molecular weight excluding hydrogens is 294 g/mol. The van der Waals surface area contributed by atoms with E-state index in [1.165, 1.54) is 0 Å². The van der Waals surface area contributed by atoms with E-state index < -0.39 is 0 Å². The van der Waals surface area contributed by atoms with Gasteiger partial charge in [-0.15, -0.1) is 10.2 Å². The molecule has 0 radical (unpaired) electrons. The standard InChI is InChI=1S/C13H10BrN3O/c1-18-10-7-5-9(6-8-10)13-16-15-12-4-2-3-11(14)17(12)13/h2-8H,1H3. The van der Waals surface area contributed by atoms with E-state index in [0.29, 0.717) is 0 Å². The maximum absolute atomic E-state index is 5.15. The number of benzene rings is 1. The van der Waals surface area contributed by atoms with Crippen LogP contribution in [-0.4, -0.2) is 21.7 Å². The Morgan fingerprint density at radius 3 is 2.56 bits per heavy atom. The Hall–Kier alpha value is -1.88. The largest absolute Gasteiger partial charge is 0.497 e. The molecule has 0 aliphatic carbocycles. The number of pyridine rings is 1. The number of fused-ring (bicyclic) bond motifs is 1. The molecule has 2 aromatic heterocycles. The third kappa shape index (κ3) is 1.76. The van der Waals surface area contributed by atoms with Crippen LogP contribution < -0.4 is 4.74 Å².